The molecule has 0 aromatic heterocycles. The monoisotopic (exact) mass is 364 g/mol. The number of anilines is 2. The van der Waals surface area contributed by atoms with Crippen LogP contribution in [0.25, 0.3) is 0 Å². The van der Waals surface area contributed by atoms with Crippen LogP contribution in [0.2, 0.25) is 0 Å². The number of hydrogen-bond donors (Lipinski definition) is 1. The molecule has 25 heavy (non-hydrogen) atoms. The molecule has 0 aliphatic rings. The summed E-state index contributed by atoms with van der Waals surface area (Å²) in [6.07, 6.45) is 0.946. The Morgan fingerprint density at radius 2 is 1.80 bits per heavy atom. The molecule has 2 aromatic rings. The first-order chi connectivity index (χ1) is 11.6. The summed E-state index contributed by atoms with van der Waals surface area (Å²) in [5, 5.41) is 2.73. The van der Waals surface area contributed by atoms with E-state index < -0.39 is 27.8 Å². The molecule has 134 valence electrons. The van der Waals surface area contributed by atoms with Gasteiger partial charge in [0.25, 0.3) is 0 Å². The first-order valence-electron chi connectivity index (χ1n) is 7.73. The smallest absolute Gasteiger partial charge is 0.248 e. The van der Waals surface area contributed by atoms with Crippen LogP contribution in [0.4, 0.5) is 15.8 Å². The lowest BCUT2D eigenvalue weighted by atomic mass is 10.1. The minimum Gasteiger partial charge on any atom is -0.324 e. The number of carbonyl (C=O) groups is 1. The molecule has 0 spiro atoms. The first kappa shape index (κ1) is 18.9. The largest absolute Gasteiger partial charge is 0.324 e. The lowest BCUT2D eigenvalue weighted by Crippen LogP contribution is -2.45. The molecule has 0 radical (unpaired) electrons. The number of rotatable bonds is 5. The highest BCUT2D eigenvalue weighted by Gasteiger charge is 2.31. The Balaban J connectivity index is 2.37. The normalized spacial score (nSPS) is 12.5. The van der Waals surface area contributed by atoms with Gasteiger partial charge in [0, 0.05) is 5.69 Å². The van der Waals surface area contributed by atoms with Crippen LogP contribution in [0.1, 0.15) is 18.1 Å². The molecule has 0 aliphatic carbocycles. The van der Waals surface area contributed by atoms with Gasteiger partial charge < -0.3 is 5.32 Å². The number of benzene rings is 2. The van der Waals surface area contributed by atoms with Gasteiger partial charge in [-0.15, -0.1) is 0 Å². The molecular weight excluding hydrogens is 343 g/mol. The van der Waals surface area contributed by atoms with Crippen LogP contribution in [0.15, 0.2) is 42.5 Å². The van der Waals surface area contributed by atoms with E-state index in [9.17, 15) is 17.6 Å². The molecule has 0 bridgehead atoms. The van der Waals surface area contributed by atoms with Crippen molar-refractivity contribution in [2.24, 2.45) is 0 Å². The zero-order valence-electron chi connectivity index (χ0n) is 14.6. The maximum absolute atomic E-state index is 14.1. The van der Waals surface area contributed by atoms with Crippen molar-refractivity contribution in [1.82, 2.24) is 0 Å². The van der Waals surface area contributed by atoms with Gasteiger partial charge in [0.15, 0.2) is 0 Å². The lowest BCUT2D eigenvalue weighted by Gasteiger charge is -2.28. The summed E-state index contributed by atoms with van der Waals surface area (Å²) < 4.78 is 39.3. The maximum Gasteiger partial charge on any atom is 0.248 e. The van der Waals surface area contributed by atoms with Crippen molar-refractivity contribution in [3.63, 3.8) is 0 Å². The number of amides is 1. The summed E-state index contributed by atoms with van der Waals surface area (Å²) in [4.78, 5) is 12.6. The van der Waals surface area contributed by atoms with Crippen molar-refractivity contribution in [2.75, 3.05) is 15.9 Å². The third-order valence-electron chi connectivity index (χ3n) is 3.83. The topological polar surface area (TPSA) is 66.5 Å². The molecule has 0 saturated heterocycles. The molecule has 0 fully saturated rings. The minimum atomic E-state index is -3.86. The average molecular weight is 364 g/mol. The first-order valence-corrected chi connectivity index (χ1v) is 9.58. The molecule has 0 heterocycles. The highest BCUT2D eigenvalue weighted by atomic mass is 32.2. The molecule has 7 heteroatoms. The van der Waals surface area contributed by atoms with Gasteiger partial charge in [-0.05, 0) is 50.1 Å². The number of halogens is 1. The van der Waals surface area contributed by atoms with Crippen LogP contribution in [0.3, 0.4) is 0 Å². The van der Waals surface area contributed by atoms with Gasteiger partial charge in [0.05, 0.1) is 11.9 Å². The zero-order chi connectivity index (χ0) is 18.8. The quantitative estimate of drug-likeness (QED) is 0.886. The van der Waals surface area contributed by atoms with E-state index in [-0.39, 0.29) is 5.69 Å². The summed E-state index contributed by atoms with van der Waals surface area (Å²) in [6, 6.07) is 9.92. The molecule has 2 rings (SSSR count). The fraction of sp³-hybridized carbons (Fsp3) is 0.278. The fourth-order valence-electron chi connectivity index (χ4n) is 2.52. The van der Waals surface area contributed by atoms with Crippen LogP contribution >= 0.6 is 0 Å². The Bertz CT molecular complexity index is 897. The molecule has 1 N–H and O–H groups in total. The number of sulfonamides is 1. The molecule has 0 saturated carbocycles. The van der Waals surface area contributed by atoms with E-state index in [1.807, 2.05) is 26.0 Å². The lowest BCUT2D eigenvalue weighted by molar-refractivity contribution is -0.116. The standard InChI is InChI=1S/C18H21FN2O3S/c1-12-9-10-13(2)16(11-12)20-18(22)14(3)21(25(4,23)24)17-8-6-5-7-15(17)19/h5-11,14H,1-4H3,(H,20,22). The number of carbonyl (C=O) groups excluding carboxylic acids is 1. The summed E-state index contributed by atoms with van der Waals surface area (Å²) in [7, 11) is -3.86. The number of aryl methyl sites for hydroxylation is 2. The van der Waals surface area contributed by atoms with Gasteiger partial charge >= 0.3 is 0 Å². The van der Waals surface area contributed by atoms with Crippen LogP contribution < -0.4 is 9.62 Å². The van der Waals surface area contributed by atoms with Crippen molar-refractivity contribution in [1.29, 1.82) is 0 Å². The predicted molar refractivity (Wildman–Crippen MR) is 97.7 cm³/mol. The predicted octanol–water partition coefficient (Wildman–Crippen LogP) is 3.24. The van der Waals surface area contributed by atoms with E-state index in [1.165, 1.54) is 25.1 Å². The molecule has 1 unspecified atom stereocenters. The number of nitrogens with one attached hydrogen (secondary N) is 1. The SMILES string of the molecule is Cc1ccc(C)c(NC(=O)C(C)N(c2ccccc2F)S(C)(=O)=O)c1. The van der Waals surface area contributed by atoms with Crippen molar-refractivity contribution < 1.29 is 17.6 Å². The highest BCUT2D eigenvalue weighted by Crippen LogP contribution is 2.25. The van der Waals surface area contributed by atoms with Crippen molar-refractivity contribution >= 4 is 27.3 Å². The van der Waals surface area contributed by atoms with Crippen LogP contribution in [-0.4, -0.2) is 26.6 Å². The van der Waals surface area contributed by atoms with E-state index >= 15 is 0 Å². The number of hydrogen-bond acceptors (Lipinski definition) is 3. The van der Waals surface area contributed by atoms with Crippen molar-refractivity contribution in [3.8, 4) is 0 Å². The second-order valence-electron chi connectivity index (χ2n) is 5.99. The Morgan fingerprint density at radius 1 is 1.16 bits per heavy atom. The molecular formula is C18H21FN2O3S. The third-order valence-corrected chi connectivity index (χ3v) is 5.06. The average Bonchev–Trinajstić information content (AvgIpc) is 2.51. The van der Waals surface area contributed by atoms with E-state index in [0.717, 1.165) is 27.8 Å². The highest BCUT2D eigenvalue weighted by molar-refractivity contribution is 7.92. The van der Waals surface area contributed by atoms with Gasteiger partial charge in [-0.1, -0.05) is 24.3 Å². The fourth-order valence-corrected chi connectivity index (χ4v) is 3.69. The third kappa shape index (κ3) is 4.36. The minimum absolute atomic E-state index is 0.159. The van der Waals surface area contributed by atoms with Gasteiger partial charge in [-0.3, -0.25) is 9.10 Å². The second-order valence-corrected chi connectivity index (χ2v) is 7.85. The van der Waals surface area contributed by atoms with E-state index in [1.54, 1.807) is 6.07 Å². The summed E-state index contributed by atoms with van der Waals surface area (Å²) in [5.74, 6) is -1.25. The number of nitrogens with zero attached hydrogens (tertiary/aromatic N) is 1. The van der Waals surface area contributed by atoms with Gasteiger partial charge in [-0.25, -0.2) is 12.8 Å². The molecule has 0 aliphatic heterocycles. The van der Waals surface area contributed by atoms with Gasteiger partial charge in [0.1, 0.15) is 11.9 Å². The number of para-hydroxylation sites is 1. The van der Waals surface area contributed by atoms with Crippen LogP contribution in [0, 0.1) is 19.7 Å². The zero-order valence-corrected chi connectivity index (χ0v) is 15.4. The Labute approximate surface area is 147 Å². The Morgan fingerprint density at radius 3 is 2.40 bits per heavy atom. The molecule has 5 nitrogen and oxygen atoms in total. The molecule has 2 aromatic carbocycles. The van der Waals surface area contributed by atoms with Gasteiger partial charge in [0.2, 0.25) is 15.9 Å². The summed E-state index contributed by atoms with van der Waals surface area (Å²) >= 11 is 0. The molecule has 1 amide bonds. The van der Waals surface area contributed by atoms with Gasteiger partial charge in [-0.2, -0.15) is 0 Å². The van der Waals surface area contributed by atoms with E-state index in [2.05, 4.69) is 5.32 Å². The maximum atomic E-state index is 14.1. The van der Waals surface area contributed by atoms with Crippen molar-refractivity contribution in [3.05, 3.63) is 59.4 Å². The van der Waals surface area contributed by atoms with Crippen molar-refractivity contribution in [2.45, 2.75) is 26.8 Å². The van der Waals surface area contributed by atoms with Crippen LogP contribution in [-0.2, 0) is 14.8 Å². The second kappa shape index (κ2) is 7.23. The van der Waals surface area contributed by atoms with E-state index in [0.29, 0.717) is 5.69 Å². The summed E-state index contributed by atoms with van der Waals surface area (Å²) in [6.45, 7) is 5.15. The Hall–Kier alpha value is -2.41. The van der Waals surface area contributed by atoms with E-state index in [4.69, 9.17) is 0 Å². The molecule has 1 atom stereocenters. The van der Waals surface area contributed by atoms with Crippen LogP contribution in [0.5, 0.6) is 0 Å². The Kier molecular flexibility index (Phi) is 5.47. The summed E-state index contributed by atoms with van der Waals surface area (Å²) in [5.41, 5.74) is 2.25.